The summed E-state index contributed by atoms with van der Waals surface area (Å²) in [6.07, 6.45) is 8.04. The monoisotopic (exact) mass is 456 g/mol. The van der Waals surface area contributed by atoms with Crippen molar-refractivity contribution in [2.75, 3.05) is 26.7 Å². The number of quaternary nitrogens is 1. The number of fused-ring (bicyclic) bond motifs is 5. The maximum absolute atomic E-state index is 13.1. The molecule has 4 atom stereocenters. The molecule has 4 nitrogen and oxygen atoms in total. The third kappa shape index (κ3) is 3.67. The average Bonchev–Trinajstić information content (AvgIpc) is 3.51. The van der Waals surface area contributed by atoms with Crippen molar-refractivity contribution in [2.24, 2.45) is 11.8 Å². The van der Waals surface area contributed by atoms with Crippen molar-refractivity contribution < 1.29 is 9.28 Å². The standard InChI is InChI=1S/C30H37N3O/c1-20-28-18-23-7-8-25(17-26(23)30(20,2)12-15-33(28,3)19-22-4-5-22)29(34)32-13-10-21-6-9-27-24(16-21)11-14-31-27/h6-9,11,14,16-17,20,22,28,31H,4-5,10,12-13,15,18-19H2,1-3H3/p+1/t20-,28+,30+,33?/m0/s1. The Hall–Kier alpha value is -2.59. The summed E-state index contributed by atoms with van der Waals surface area (Å²) < 4.78 is 1.25. The molecule has 2 N–H and O–H groups in total. The van der Waals surface area contributed by atoms with Gasteiger partial charge < -0.3 is 14.8 Å². The molecule has 178 valence electrons. The van der Waals surface area contributed by atoms with Crippen LogP contribution in [0.25, 0.3) is 10.9 Å². The zero-order chi connectivity index (χ0) is 23.5. The van der Waals surface area contributed by atoms with E-state index >= 15 is 0 Å². The Morgan fingerprint density at radius 3 is 2.85 bits per heavy atom. The van der Waals surface area contributed by atoms with Gasteiger partial charge in [-0.15, -0.1) is 0 Å². The molecule has 2 heterocycles. The molecule has 3 aromatic rings. The summed E-state index contributed by atoms with van der Waals surface area (Å²) in [6, 6.07) is 15.8. The molecule has 1 saturated heterocycles. The van der Waals surface area contributed by atoms with Gasteiger partial charge in [0.2, 0.25) is 0 Å². The maximum Gasteiger partial charge on any atom is 0.251 e. The van der Waals surface area contributed by atoms with Gasteiger partial charge in [0, 0.05) is 53.9 Å². The lowest BCUT2D eigenvalue weighted by atomic mass is 9.58. The molecular formula is C30H38N3O+. The van der Waals surface area contributed by atoms with E-state index in [2.05, 4.69) is 73.7 Å². The Morgan fingerprint density at radius 2 is 2.03 bits per heavy atom. The Kier molecular flexibility index (Phi) is 5.14. The Bertz CT molecular complexity index is 1240. The number of aromatic amines is 1. The van der Waals surface area contributed by atoms with E-state index in [1.54, 1.807) is 0 Å². The molecule has 2 fully saturated rings. The van der Waals surface area contributed by atoms with Crippen molar-refractivity contribution in [3.05, 3.63) is 70.9 Å². The summed E-state index contributed by atoms with van der Waals surface area (Å²) in [4.78, 5) is 16.3. The first kappa shape index (κ1) is 21.9. The molecule has 0 radical (unpaired) electrons. The second-order valence-corrected chi connectivity index (χ2v) is 11.8. The summed E-state index contributed by atoms with van der Waals surface area (Å²) >= 11 is 0. The summed E-state index contributed by atoms with van der Waals surface area (Å²) in [6.45, 7) is 8.21. The Morgan fingerprint density at radius 1 is 1.18 bits per heavy atom. The van der Waals surface area contributed by atoms with Crippen molar-refractivity contribution in [1.29, 1.82) is 0 Å². The zero-order valence-electron chi connectivity index (χ0n) is 20.9. The number of hydrogen-bond acceptors (Lipinski definition) is 1. The first-order valence-corrected chi connectivity index (χ1v) is 13.2. The van der Waals surface area contributed by atoms with Crippen molar-refractivity contribution in [1.82, 2.24) is 10.3 Å². The predicted octanol–water partition coefficient (Wildman–Crippen LogP) is 5.22. The van der Waals surface area contributed by atoms with Crippen LogP contribution in [0.15, 0.2) is 48.7 Å². The van der Waals surface area contributed by atoms with Crippen LogP contribution in [0.4, 0.5) is 0 Å². The highest BCUT2D eigenvalue weighted by Gasteiger charge is 2.55. The van der Waals surface area contributed by atoms with Gasteiger partial charge in [0.1, 0.15) is 0 Å². The average molecular weight is 457 g/mol. The van der Waals surface area contributed by atoms with Gasteiger partial charge >= 0.3 is 0 Å². The Labute approximate surface area is 203 Å². The van der Waals surface area contributed by atoms with Crippen LogP contribution in [0.1, 0.15) is 60.2 Å². The molecule has 2 aliphatic carbocycles. The molecule has 34 heavy (non-hydrogen) atoms. The summed E-state index contributed by atoms with van der Waals surface area (Å²) in [7, 11) is 2.51. The van der Waals surface area contributed by atoms with E-state index in [1.807, 2.05) is 6.20 Å². The van der Waals surface area contributed by atoms with Crippen molar-refractivity contribution in [3.8, 4) is 0 Å². The quantitative estimate of drug-likeness (QED) is 0.491. The minimum atomic E-state index is 0.0501. The van der Waals surface area contributed by atoms with E-state index in [0.717, 1.165) is 29.8 Å². The number of H-pyrrole nitrogens is 1. The molecule has 1 aliphatic heterocycles. The van der Waals surface area contributed by atoms with Gasteiger partial charge in [-0.1, -0.05) is 26.0 Å². The van der Waals surface area contributed by atoms with Gasteiger partial charge in [0.05, 0.1) is 26.2 Å². The van der Waals surface area contributed by atoms with Gasteiger partial charge in [-0.25, -0.2) is 0 Å². The highest BCUT2D eigenvalue weighted by molar-refractivity contribution is 5.94. The minimum absolute atomic E-state index is 0.0501. The fourth-order valence-electron chi connectivity index (χ4n) is 7.07. The molecule has 2 bridgehead atoms. The molecule has 3 aliphatic rings. The van der Waals surface area contributed by atoms with Crippen molar-refractivity contribution in [3.63, 3.8) is 0 Å². The van der Waals surface area contributed by atoms with E-state index in [0.29, 0.717) is 18.5 Å². The second kappa shape index (κ2) is 7.98. The molecule has 1 amide bonds. The number of piperidine rings is 1. The SMILES string of the molecule is C[C@H]1[C@H]2Cc3ccc(C(=O)NCCc4ccc5[nH]ccc5c4)cc3[C@]1(C)CC[N+]2(C)CC1CC1. The van der Waals surface area contributed by atoms with Crippen LogP contribution >= 0.6 is 0 Å². The number of nitrogens with zero attached hydrogens (tertiary/aromatic N) is 1. The van der Waals surface area contributed by atoms with Gasteiger partial charge in [0.25, 0.3) is 5.91 Å². The molecular weight excluding hydrogens is 418 g/mol. The van der Waals surface area contributed by atoms with E-state index < -0.39 is 0 Å². The van der Waals surface area contributed by atoms with E-state index in [4.69, 9.17) is 0 Å². The number of likely N-dealkylation sites (tertiary alicyclic amines) is 1. The summed E-state index contributed by atoms with van der Waals surface area (Å²) in [5.74, 6) is 1.65. The van der Waals surface area contributed by atoms with E-state index in [-0.39, 0.29) is 11.3 Å². The molecule has 2 aromatic carbocycles. The second-order valence-electron chi connectivity index (χ2n) is 11.8. The molecule has 1 unspecified atom stereocenters. The molecule has 4 heteroatoms. The largest absolute Gasteiger partial charge is 0.361 e. The van der Waals surface area contributed by atoms with Crippen molar-refractivity contribution in [2.45, 2.75) is 57.4 Å². The van der Waals surface area contributed by atoms with Crippen LogP contribution in [0.5, 0.6) is 0 Å². The predicted molar refractivity (Wildman–Crippen MR) is 138 cm³/mol. The number of aromatic nitrogens is 1. The van der Waals surface area contributed by atoms with Crippen LogP contribution in [-0.2, 0) is 18.3 Å². The number of rotatable bonds is 6. The number of hydrogen-bond donors (Lipinski definition) is 2. The zero-order valence-corrected chi connectivity index (χ0v) is 20.9. The third-order valence-electron chi connectivity index (χ3n) is 9.63. The minimum Gasteiger partial charge on any atom is -0.361 e. The Balaban J connectivity index is 1.17. The topological polar surface area (TPSA) is 44.9 Å². The number of likely N-dealkylation sites (N-methyl/N-ethyl adjacent to an activating group) is 1. The van der Waals surface area contributed by atoms with Crippen LogP contribution in [0.2, 0.25) is 0 Å². The number of nitrogens with one attached hydrogen (secondary N) is 2. The number of carbonyl (C=O) groups excluding carboxylic acids is 1. The highest BCUT2D eigenvalue weighted by atomic mass is 16.1. The van der Waals surface area contributed by atoms with Crippen LogP contribution in [-0.4, -0.2) is 48.1 Å². The van der Waals surface area contributed by atoms with Gasteiger partial charge in [-0.2, -0.15) is 0 Å². The number of carbonyl (C=O) groups is 1. The first-order valence-electron chi connectivity index (χ1n) is 13.2. The van der Waals surface area contributed by atoms with Crippen molar-refractivity contribution >= 4 is 16.8 Å². The summed E-state index contributed by atoms with van der Waals surface area (Å²) in [5, 5.41) is 4.39. The molecule has 0 spiro atoms. The lowest BCUT2D eigenvalue weighted by Crippen LogP contribution is -2.67. The van der Waals surface area contributed by atoms with Crippen LogP contribution in [0.3, 0.4) is 0 Å². The lowest BCUT2D eigenvalue weighted by Gasteiger charge is -2.58. The van der Waals surface area contributed by atoms with Crippen LogP contribution < -0.4 is 5.32 Å². The molecule has 6 rings (SSSR count). The number of amides is 1. The van der Waals surface area contributed by atoms with E-state index in [1.165, 1.54) is 58.9 Å². The molecule has 1 aromatic heterocycles. The smallest absolute Gasteiger partial charge is 0.251 e. The fourth-order valence-corrected chi connectivity index (χ4v) is 7.07. The maximum atomic E-state index is 13.1. The van der Waals surface area contributed by atoms with Gasteiger partial charge in [0.15, 0.2) is 0 Å². The van der Waals surface area contributed by atoms with Gasteiger partial charge in [-0.05, 0) is 71.7 Å². The first-order chi connectivity index (χ1) is 16.4. The van der Waals surface area contributed by atoms with Crippen LogP contribution in [0, 0.1) is 11.8 Å². The number of benzene rings is 2. The fraction of sp³-hybridized carbons (Fsp3) is 0.500. The van der Waals surface area contributed by atoms with Gasteiger partial charge in [-0.3, -0.25) is 4.79 Å². The highest BCUT2D eigenvalue weighted by Crippen LogP contribution is 2.51. The normalized spacial score (nSPS) is 30.2. The molecule has 1 saturated carbocycles. The summed E-state index contributed by atoms with van der Waals surface area (Å²) in [5.41, 5.74) is 6.29. The lowest BCUT2D eigenvalue weighted by molar-refractivity contribution is -0.946. The third-order valence-corrected chi connectivity index (χ3v) is 9.63. The van der Waals surface area contributed by atoms with E-state index in [9.17, 15) is 4.79 Å².